The van der Waals surface area contributed by atoms with Gasteiger partial charge in [-0.25, -0.2) is 0 Å². The first kappa shape index (κ1) is 24.8. The summed E-state index contributed by atoms with van der Waals surface area (Å²) in [5.74, 6) is 3.42. The second-order valence-electron chi connectivity index (χ2n) is 13.4. The number of rotatable bonds is 4. The van der Waals surface area contributed by atoms with E-state index in [1.54, 1.807) is 0 Å². The van der Waals surface area contributed by atoms with Crippen molar-refractivity contribution in [3.05, 3.63) is 0 Å². The van der Waals surface area contributed by atoms with Crippen LogP contribution in [0.15, 0.2) is 0 Å². The Hall–Kier alpha value is -0.290. The second-order valence-corrected chi connectivity index (χ2v) is 13.4. The molecule has 4 saturated carbocycles. The molecular formula is C27H45F3O2. The predicted octanol–water partition coefficient (Wildman–Crippen LogP) is 7.13. The van der Waals surface area contributed by atoms with Gasteiger partial charge in [-0.15, -0.1) is 0 Å². The molecule has 4 rings (SSSR count). The van der Waals surface area contributed by atoms with E-state index in [4.69, 9.17) is 0 Å². The fourth-order valence-electron chi connectivity index (χ4n) is 9.26. The third kappa shape index (κ3) is 3.95. The predicted molar refractivity (Wildman–Crippen MR) is 121 cm³/mol. The topological polar surface area (TPSA) is 40.5 Å². The number of alkyl halides is 3. The van der Waals surface area contributed by atoms with Gasteiger partial charge in [0.15, 0.2) is 5.60 Å². The molecule has 32 heavy (non-hydrogen) atoms. The lowest BCUT2D eigenvalue weighted by Crippen LogP contribution is -2.55. The van der Waals surface area contributed by atoms with Crippen LogP contribution in [-0.4, -0.2) is 27.6 Å². The van der Waals surface area contributed by atoms with Crippen molar-refractivity contribution in [2.24, 2.45) is 46.3 Å². The van der Waals surface area contributed by atoms with E-state index in [1.165, 1.54) is 32.1 Å². The SMILES string of the molecule is C[C@H](CCC(C)(O)C(F)(F)F)C1CC[C@H]2[C@@H]3CC[C@H]4C[C@@](C)(O)CC[C@]4(C)[C@H]3CC[C@]12C. The molecule has 4 fully saturated rings. The Morgan fingerprint density at radius 3 is 2.22 bits per heavy atom. The van der Waals surface area contributed by atoms with Crippen molar-refractivity contribution in [2.75, 3.05) is 0 Å². The van der Waals surface area contributed by atoms with Crippen LogP contribution in [0.1, 0.15) is 105 Å². The van der Waals surface area contributed by atoms with Gasteiger partial charge in [0.1, 0.15) is 0 Å². The minimum atomic E-state index is -4.56. The Labute approximate surface area is 192 Å². The number of fused-ring (bicyclic) bond motifs is 5. The van der Waals surface area contributed by atoms with Gasteiger partial charge in [0.2, 0.25) is 0 Å². The van der Waals surface area contributed by atoms with Crippen LogP contribution in [0.5, 0.6) is 0 Å². The summed E-state index contributed by atoms with van der Waals surface area (Å²) in [5, 5.41) is 20.6. The summed E-state index contributed by atoms with van der Waals surface area (Å²) in [7, 11) is 0. The summed E-state index contributed by atoms with van der Waals surface area (Å²) in [4.78, 5) is 0. The summed E-state index contributed by atoms with van der Waals surface area (Å²) in [6, 6.07) is 0. The first-order valence-electron chi connectivity index (χ1n) is 13.1. The Morgan fingerprint density at radius 1 is 0.906 bits per heavy atom. The van der Waals surface area contributed by atoms with Gasteiger partial charge in [-0.05, 0) is 131 Å². The van der Waals surface area contributed by atoms with E-state index in [0.29, 0.717) is 29.6 Å². The fraction of sp³-hybridized carbons (Fsp3) is 1.00. The van der Waals surface area contributed by atoms with Gasteiger partial charge in [0, 0.05) is 0 Å². The summed E-state index contributed by atoms with van der Waals surface area (Å²) in [5.41, 5.74) is -2.55. The van der Waals surface area contributed by atoms with Gasteiger partial charge in [-0.1, -0.05) is 20.8 Å². The lowest BCUT2D eigenvalue weighted by molar-refractivity contribution is -0.256. The third-order valence-electron chi connectivity index (χ3n) is 11.4. The molecule has 0 heterocycles. The fourth-order valence-corrected chi connectivity index (χ4v) is 9.26. The largest absolute Gasteiger partial charge is 0.416 e. The van der Waals surface area contributed by atoms with Crippen LogP contribution >= 0.6 is 0 Å². The molecule has 5 heteroatoms. The van der Waals surface area contributed by atoms with E-state index in [9.17, 15) is 23.4 Å². The molecule has 0 spiro atoms. The molecule has 186 valence electrons. The third-order valence-corrected chi connectivity index (χ3v) is 11.4. The summed E-state index contributed by atoms with van der Waals surface area (Å²) >= 11 is 0. The van der Waals surface area contributed by atoms with Crippen molar-refractivity contribution in [3.63, 3.8) is 0 Å². The highest BCUT2D eigenvalue weighted by atomic mass is 19.4. The van der Waals surface area contributed by atoms with Crippen molar-refractivity contribution in [1.82, 2.24) is 0 Å². The van der Waals surface area contributed by atoms with E-state index in [2.05, 4.69) is 20.8 Å². The lowest BCUT2D eigenvalue weighted by Gasteiger charge is -2.62. The standard InChI is InChI=1S/C27H45F3O2/c1-17(10-13-26(5,32)27(28,29)30)20-8-9-21-19-7-6-18-16-23(2,31)14-15-24(18,3)22(19)11-12-25(20,21)4/h17-22,31-32H,6-16H2,1-5H3/t17-,18+,19+,20?,21+,22+,23+,24+,25-,26?/m1/s1. The van der Waals surface area contributed by atoms with Gasteiger partial charge in [0.25, 0.3) is 0 Å². The second kappa shape index (κ2) is 7.86. The van der Waals surface area contributed by atoms with Crippen molar-refractivity contribution in [3.8, 4) is 0 Å². The maximum absolute atomic E-state index is 13.1. The molecule has 0 bridgehead atoms. The van der Waals surface area contributed by atoms with Gasteiger partial charge in [0.05, 0.1) is 5.60 Å². The van der Waals surface area contributed by atoms with E-state index >= 15 is 0 Å². The molecule has 2 nitrogen and oxygen atoms in total. The molecule has 0 radical (unpaired) electrons. The zero-order valence-corrected chi connectivity index (χ0v) is 20.8. The lowest BCUT2D eigenvalue weighted by atomic mass is 9.43. The molecule has 4 aliphatic carbocycles. The first-order chi connectivity index (χ1) is 14.6. The molecule has 0 aliphatic heterocycles. The average molecular weight is 459 g/mol. The van der Waals surface area contributed by atoms with Crippen LogP contribution in [0, 0.1) is 46.3 Å². The highest BCUT2D eigenvalue weighted by Gasteiger charge is 2.61. The van der Waals surface area contributed by atoms with Crippen molar-refractivity contribution < 1.29 is 23.4 Å². The highest BCUT2D eigenvalue weighted by molar-refractivity contribution is 5.10. The number of halogens is 3. The molecule has 2 N–H and O–H groups in total. The maximum atomic E-state index is 13.1. The number of aliphatic hydroxyl groups is 2. The Morgan fingerprint density at radius 2 is 1.56 bits per heavy atom. The monoisotopic (exact) mass is 458 g/mol. The number of hydrogen-bond acceptors (Lipinski definition) is 2. The van der Waals surface area contributed by atoms with Gasteiger partial charge >= 0.3 is 6.18 Å². The van der Waals surface area contributed by atoms with Crippen LogP contribution in [0.4, 0.5) is 13.2 Å². The Bertz CT molecular complexity index is 702. The minimum absolute atomic E-state index is 0.201. The molecule has 0 aromatic heterocycles. The normalized spacial score (nSPS) is 49.5. The van der Waals surface area contributed by atoms with Crippen molar-refractivity contribution in [1.29, 1.82) is 0 Å². The van der Waals surface area contributed by atoms with E-state index in [-0.39, 0.29) is 17.8 Å². The zero-order valence-electron chi connectivity index (χ0n) is 20.8. The molecular weight excluding hydrogens is 413 g/mol. The summed E-state index contributed by atoms with van der Waals surface area (Å²) in [6.45, 7) is 9.99. The number of hydrogen-bond donors (Lipinski definition) is 2. The van der Waals surface area contributed by atoms with Crippen LogP contribution in [0.2, 0.25) is 0 Å². The zero-order chi connectivity index (χ0) is 23.7. The van der Waals surface area contributed by atoms with E-state index < -0.39 is 17.4 Å². The van der Waals surface area contributed by atoms with E-state index in [1.807, 2.05) is 6.92 Å². The minimum Gasteiger partial charge on any atom is -0.390 e. The summed E-state index contributed by atoms with van der Waals surface area (Å²) in [6.07, 6.45) is 5.85. The van der Waals surface area contributed by atoms with Gasteiger partial charge in [-0.2, -0.15) is 13.2 Å². The smallest absolute Gasteiger partial charge is 0.390 e. The van der Waals surface area contributed by atoms with Crippen LogP contribution in [0.3, 0.4) is 0 Å². The summed E-state index contributed by atoms with van der Waals surface area (Å²) < 4.78 is 39.4. The van der Waals surface area contributed by atoms with Crippen LogP contribution in [0.25, 0.3) is 0 Å². The Balaban J connectivity index is 1.46. The highest BCUT2D eigenvalue weighted by Crippen LogP contribution is 2.69. The molecule has 2 unspecified atom stereocenters. The molecule has 4 aliphatic rings. The van der Waals surface area contributed by atoms with Crippen molar-refractivity contribution >= 4 is 0 Å². The molecule has 0 aromatic rings. The van der Waals surface area contributed by atoms with E-state index in [0.717, 1.165) is 44.4 Å². The van der Waals surface area contributed by atoms with Gasteiger partial charge in [-0.3, -0.25) is 0 Å². The molecule has 10 atom stereocenters. The molecule has 0 amide bonds. The van der Waals surface area contributed by atoms with Crippen molar-refractivity contribution in [2.45, 2.75) is 123 Å². The van der Waals surface area contributed by atoms with Crippen LogP contribution < -0.4 is 0 Å². The van der Waals surface area contributed by atoms with Gasteiger partial charge < -0.3 is 10.2 Å². The first-order valence-corrected chi connectivity index (χ1v) is 13.1. The Kier molecular flexibility index (Phi) is 6.10. The van der Waals surface area contributed by atoms with Crippen LogP contribution in [-0.2, 0) is 0 Å². The molecule has 0 aromatic carbocycles. The maximum Gasteiger partial charge on any atom is 0.416 e. The molecule has 0 saturated heterocycles. The average Bonchev–Trinajstić information content (AvgIpc) is 3.03. The quantitative estimate of drug-likeness (QED) is 0.471.